The fourth-order valence-electron chi connectivity index (χ4n) is 5.90. The van der Waals surface area contributed by atoms with Gasteiger partial charge in [-0.25, -0.2) is 0 Å². The van der Waals surface area contributed by atoms with Gasteiger partial charge in [0.2, 0.25) is 0 Å². The van der Waals surface area contributed by atoms with Crippen molar-refractivity contribution >= 4 is 29.0 Å². The van der Waals surface area contributed by atoms with Gasteiger partial charge < -0.3 is 9.47 Å². The van der Waals surface area contributed by atoms with Crippen molar-refractivity contribution in [1.82, 2.24) is 0 Å². The Morgan fingerprint density at radius 2 is 1.73 bits per heavy atom. The number of hydrogen-bond donors (Lipinski definition) is 0. The maximum atomic E-state index is 13.4. The van der Waals surface area contributed by atoms with Gasteiger partial charge in [-0.1, -0.05) is 36.4 Å². The number of benzene rings is 2. The molecule has 1 saturated carbocycles. The van der Waals surface area contributed by atoms with Crippen LogP contribution in [0.1, 0.15) is 30.4 Å². The minimum Gasteiger partial charge on any atom is -0.468 e. The Labute approximate surface area is 191 Å². The number of nitro benzene ring substituents is 1. The lowest BCUT2D eigenvalue weighted by Gasteiger charge is -2.40. The van der Waals surface area contributed by atoms with E-state index in [1.54, 1.807) is 18.2 Å². The smallest absolute Gasteiger partial charge is 0.323 e. The van der Waals surface area contributed by atoms with Crippen molar-refractivity contribution in [3.05, 3.63) is 82.4 Å². The first-order valence-corrected chi connectivity index (χ1v) is 10.5. The van der Waals surface area contributed by atoms with Crippen LogP contribution in [0.2, 0.25) is 0 Å². The molecule has 3 atom stereocenters. The highest BCUT2D eigenvalue weighted by molar-refractivity contribution is 6.09. The second-order valence-corrected chi connectivity index (χ2v) is 8.37. The molecule has 2 aromatic rings. The summed E-state index contributed by atoms with van der Waals surface area (Å²) in [6.07, 6.45) is 1.84. The Bertz CT molecular complexity index is 1170. The molecule has 0 amide bonds. The molecule has 1 spiro atoms. The number of allylic oxidation sites excluding steroid dienone is 1. The topological polar surface area (TPSA) is 108 Å². The van der Waals surface area contributed by atoms with E-state index in [4.69, 9.17) is 14.5 Å². The maximum Gasteiger partial charge on any atom is 0.323 e. The molecule has 2 aromatic carbocycles. The van der Waals surface area contributed by atoms with Crippen LogP contribution in [0.5, 0.6) is 0 Å². The van der Waals surface area contributed by atoms with Crippen molar-refractivity contribution in [2.75, 3.05) is 14.2 Å². The van der Waals surface area contributed by atoms with Gasteiger partial charge >= 0.3 is 11.9 Å². The number of hydrogen-bond acceptors (Lipinski definition) is 7. The van der Waals surface area contributed by atoms with Gasteiger partial charge in [0.1, 0.15) is 0 Å². The van der Waals surface area contributed by atoms with Crippen molar-refractivity contribution in [2.24, 2.45) is 16.3 Å². The van der Waals surface area contributed by atoms with Crippen LogP contribution in [-0.2, 0) is 24.5 Å². The SMILES string of the molecule is C=C[C@H]1CC(C(=O)OC)(C(=O)OC)[C@@H](c2ccc([N+](=O)[O-])cc2)[C@]12C(C)=Nc1ccccc12. The summed E-state index contributed by atoms with van der Waals surface area (Å²) in [5, 5.41) is 11.3. The molecule has 1 aliphatic heterocycles. The zero-order valence-electron chi connectivity index (χ0n) is 18.6. The molecule has 0 N–H and O–H groups in total. The summed E-state index contributed by atoms with van der Waals surface area (Å²) in [7, 11) is 2.47. The number of para-hydroxylation sites is 1. The van der Waals surface area contributed by atoms with Crippen LogP contribution >= 0.6 is 0 Å². The maximum absolute atomic E-state index is 13.4. The average Bonchev–Trinajstić information content (AvgIpc) is 3.31. The summed E-state index contributed by atoms with van der Waals surface area (Å²) in [5.74, 6) is -2.60. The number of ether oxygens (including phenoxy) is 2. The van der Waals surface area contributed by atoms with Gasteiger partial charge in [-0.3, -0.25) is 24.7 Å². The Hall–Kier alpha value is -3.81. The van der Waals surface area contributed by atoms with E-state index in [0.29, 0.717) is 5.56 Å². The van der Waals surface area contributed by atoms with Crippen molar-refractivity contribution in [3.63, 3.8) is 0 Å². The fraction of sp³-hybridized carbons (Fsp3) is 0.320. The lowest BCUT2D eigenvalue weighted by molar-refractivity contribution is -0.384. The molecular weight excluding hydrogens is 424 g/mol. The van der Waals surface area contributed by atoms with E-state index in [-0.39, 0.29) is 18.0 Å². The van der Waals surface area contributed by atoms with Crippen molar-refractivity contribution < 1.29 is 24.0 Å². The number of esters is 2. The lowest BCUT2D eigenvalue weighted by atomic mass is 9.59. The third-order valence-corrected chi connectivity index (χ3v) is 7.13. The number of non-ortho nitro benzene ring substituents is 1. The predicted octanol–water partition coefficient (Wildman–Crippen LogP) is 4.26. The summed E-state index contributed by atoms with van der Waals surface area (Å²) in [4.78, 5) is 42.4. The van der Waals surface area contributed by atoms with E-state index in [2.05, 4.69) is 6.58 Å². The number of fused-ring (bicyclic) bond motifs is 2. The number of aliphatic imine (C=N–C) groups is 1. The Kier molecular flexibility index (Phi) is 5.40. The molecular formula is C25H24N2O6. The van der Waals surface area contributed by atoms with Crippen LogP contribution < -0.4 is 0 Å². The van der Waals surface area contributed by atoms with Crippen LogP contribution in [0.15, 0.2) is 66.2 Å². The molecule has 0 saturated heterocycles. The van der Waals surface area contributed by atoms with Crippen molar-refractivity contribution in [3.8, 4) is 0 Å². The molecule has 0 unspecified atom stereocenters. The van der Waals surface area contributed by atoms with E-state index in [0.717, 1.165) is 17.0 Å². The number of carbonyl (C=O) groups is 2. The lowest BCUT2D eigenvalue weighted by Crippen LogP contribution is -2.49. The molecule has 1 heterocycles. The summed E-state index contributed by atoms with van der Waals surface area (Å²) in [5.41, 5.74) is 0.234. The van der Waals surface area contributed by atoms with Crippen LogP contribution in [-0.4, -0.2) is 36.8 Å². The van der Waals surface area contributed by atoms with E-state index in [9.17, 15) is 19.7 Å². The molecule has 33 heavy (non-hydrogen) atoms. The van der Waals surface area contributed by atoms with E-state index in [1.807, 2.05) is 31.2 Å². The summed E-state index contributed by atoms with van der Waals surface area (Å²) in [6, 6.07) is 13.5. The molecule has 4 rings (SSSR count). The van der Waals surface area contributed by atoms with Gasteiger partial charge in [0, 0.05) is 23.8 Å². The number of nitrogens with zero attached hydrogens (tertiary/aromatic N) is 2. The normalized spacial score (nSPS) is 24.6. The highest BCUT2D eigenvalue weighted by Gasteiger charge is 2.72. The van der Waals surface area contributed by atoms with Crippen molar-refractivity contribution in [2.45, 2.75) is 24.7 Å². The van der Waals surface area contributed by atoms with Crippen LogP contribution in [0, 0.1) is 21.4 Å². The van der Waals surface area contributed by atoms with Crippen LogP contribution in [0.4, 0.5) is 11.4 Å². The molecule has 2 aliphatic rings. The summed E-state index contributed by atoms with van der Waals surface area (Å²) >= 11 is 0. The highest BCUT2D eigenvalue weighted by Crippen LogP contribution is 2.67. The molecule has 1 aliphatic carbocycles. The van der Waals surface area contributed by atoms with Gasteiger partial charge in [-0.2, -0.15) is 0 Å². The third-order valence-electron chi connectivity index (χ3n) is 7.13. The fourth-order valence-corrected chi connectivity index (χ4v) is 5.90. The molecule has 0 radical (unpaired) electrons. The monoisotopic (exact) mass is 448 g/mol. The quantitative estimate of drug-likeness (QED) is 0.222. The minimum atomic E-state index is -1.70. The van der Waals surface area contributed by atoms with Crippen LogP contribution in [0.3, 0.4) is 0 Å². The minimum absolute atomic E-state index is 0.0926. The van der Waals surface area contributed by atoms with Gasteiger partial charge in [-0.05, 0) is 36.5 Å². The third kappa shape index (κ3) is 2.86. The second-order valence-electron chi connectivity index (χ2n) is 8.37. The molecule has 170 valence electrons. The van der Waals surface area contributed by atoms with Gasteiger partial charge in [-0.15, -0.1) is 6.58 Å². The molecule has 0 bridgehead atoms. The Morgan fingerprint density at radius 3 is 2.27 bits per heavy atom. The predicted molar refractivity (Wildman–Crippen MR) is 121 cm³/mol. The van der Waals surface area contributed by atoms with Gasteiger partial charge in [0.05, 0.1) is 30.2 Å². The standard InChI is InChI=1S/C25H24N2O6/c1-5-17-14-24(22(28)32-3,23(29)33-4)21(16-10-12-18(13-11-16)27(30)31)25(17)15(2)26-20-9-7-6-8-19(20)25/h5-13,17,21H,1,14H2,2-4H3/t17-,21+,25+/m0/s1. The number of carbonyl (C=O) groups excluding carboxylic acids is 2. The molecule has 8 heteroatoms. The zero-order chi connectivity index (χ0) is 24.0. The zero-order valence-corrected chi connectivity index (χ0v) is 18.6. The summed E-state index contributed by atoms with van der Waals surface area (Å²) in [6.45, 7) is 5.90. The number of rotatable bonds is 5. The number of methoxy groups -OCH3 is 2. The Morgan fingerprint density at radius 1 is 1.12 bits per heavy atom. The van der Waals surface area contributed by atoms with Gasteiger partial charge in [0.25, 0.3) is 5.69 Å². The summed E-state index contributed by atoms with van der Waals surface area (Å²) < 4.78 is 10.3. The van der Waals surface area contributed by atoms with E-state index < -0.39 is 33.6 Å². The first kappa shape index (κ1) is 22.4. The molecule has 1 fully saturated rings. The second kappa shape index (κ2) is 7.95. The largest absolute Gasteiger partial charge is 0.468 e. The highest BCUT2D eigenvalue weighted by atomic mass is 16.6. The van der Waals surface area contributed by atoms with Gasteiger partial charge in [0.15, 0.2) is 5.41 Å². The first-order valence-electron chi connectivity index (χ1n) is 10.5. The molecule has 0 aromatic heterocycles. The van der Waals surface area contributed by atoms with Crippen molar-refractivity contribution in [1.29, 1.82) is 0 Å². The first-order chi connectivity index (χ1) is 15.8. The van der Waals surface area contributed by atoms with Crippen LogP contribution in [0.25, 0.3) is 0 Å². The molecule has 8 nitrogen and oxygen atoms in total. The average molecular weight is 448 g/mol. The van der Waals surface area contributed by atoms with E-state index >= 15 is 0 Å². The number of nitro groups is 1. The Balaban J connectivity index is 2.10. The van der Waals surface area contributed by atoms with E-state index in [1.165, 1.54) is 26.4 Å².